The van der Waals surface area contributed by atoms with Crippen molar-refractivity contribution in [3.05, 3.63) is 55.7 Å². The summed E-state index contributed by atoms with van der Waals surface area (Å²) in [5, 5.41) is 6.31. The van der Waals surface area contributed by atoms with Gasteiger partial charge in [-0.3, -0.25) is 4.90 Å². The Hall–Kier alpha value is -1.67. The van der Waals surface area contributed by atoms with Crippen LogP contribution in [-0.4, -0.2) is 35.3 Å². The Bertz CT molecular complexity index is 898. The van der Waals surface area contributed by atoms with Gasteiger partial charge in [0.25, 0.3) is 0 Å². The second-order valence-electron chi connectivity index (χ2n) is 6.04. The summed E-state index contributed by atoms with van der Waals surface area (Å²) < 4.78 is 15.7. The van der Waals surface area contributed by atoms with Gasteiger partial charge in [0, 0.05) is 29.5 Å². The van der Waals surface area contributed by atoms with Gasteiger partial charge in [-0.2, -0.15) is 0 Å². The lowest BCUT2D eigenvalue weighted by molar-refractivity contribution is 0.203. The largest absolute Gasteiger partial charge is 0.493 e. The summed E-state index contributed by atoms with van der Waals surface area (Å²) in [5.74, 6) is 1.53. The Kier molecular flexibility index (Phi) is 5.13. The number of aromatic nitrogens is 2. The fourth-order valence-corrected chi connectivity index (χ4v) is 4.92. The first-order valence-electron chi connectivity index (χ1n) is 8.20. The molecule has 0 bridgehead atoms. The van der Waals surface area contributed by atoms with Crippen molar-refractivity contribution in [1.29, 1.82) is 0 Å². The van der Waals surface area contributed by atoms with Crippen LogP contribution in [0.3, 0.4) is 0 Å². The van der Waals surface area contributed by atoms with E-state index in [1.807, 2.05) is 0 Å². The molecule has 136 valence electrons. The fraction of sp³-hybridized carbons (Fsp3) is 0.333. The molecule has 0 amide bonds. The van der Waals surface area contributed by atoms with Crippen LogP contribution in [0.15, 0.2) is 29.6 Å². The third-order valence-corrected chi connectivity index (χ3v) is 6.56. The number of rotatable bonds is 5. The highest BCUT2D eigenvalue weighted by Gasteiger charge is 2.32. The van der Waals surface area contributed by atoms with E-state index in [4.69, 9.17) is 21.1 Å². The molecule has 0 saturated heterocycles. The first-order chi connectivity index (χ1) is 12.7. The lowest BCUT2D eigenvalue weighted by atomic mass is 9.90. The lowest BCUT2D eigenvalue weighted by Gasteiger charge is -2.37. The Morgan fingerprint density at radius 1 is 1.27 bits per heavy atom. The number of ether oxygens (including phenoxy) is 2. The number of nitrogens with zero attached hydrogens (tertiary/aromatic N) is 3. The molecule has 0 spiro atoms. The summed E-state index contributed by atoms with van der Waals surface area (Å²) in [6.07, 6.45) is 0.937. The number of fused-ring (bicyclic) bond motifs is 1. The third-order valence-electron chi connectivity index (χ3n) is 4.65. The van der Waals surface area contributed by atoms with Crippen molar-refractivity contribution in [2.45, 2.75) is 19.0 Å². The van der Waals surface area contributed by atoms with Crippen LogP contribution in [0, 0.1) is 0 Å². The molecule has 4 rings (SSSR count). The van der Waals surface area contributed by atoms with E-state index in [-0.39, 0.29) is 6.04 Å². The van der Waals surface area contributed by atoms with E-state index in [0.29, 0.717) is 10.9 Å². The topological polar surface area (TPSA) is 47.5 Å². The summed E-state index contributed by atoms with van der Waals surface area (Å²) in [7, 11) is 3.35. The first-order valence-corrected chi connectivity index (χ1v) is 10.2. The summed E-state index contributed by atoms with van der Waals surface area (Å²) in [6, 6.07) is 8.60. The zero-order valence-corrected chi connectivity index (χ0v) is 16.8. The quantitative estimate of drug-likeness (QED) is 0.626. The summed E-state index contributed by atoms with van der Waals surface area (Å²) in [6.45, 7) is 1.59. The van der Waals surface area contributed by atoms with E-state index in [2.05, 4.69) is 44.1 Å². The van der Waals surface area contributed by atoms with E-state index in [1.54, 1.807) is 25.6 Å². The van der Waals surface area contributed by atoms with E-state index in [0.717, 1.165) is 30.2 Å². The highest BCUT2D eigenvalue weighted by molar-refractivity contribution is 7.10. The van der Waals surface area contributed by atoms with Crippen molar-refractivity contribution in [2.24, 2.45) is 0 Å². The maximum atomic E-state index is 6.25. The van der Waals surface area contributed by atoms with Gasteiger partial charge in [-0.15, -0.1) is 16.4 Å². The van der Waals surface area contributed by atoms with E-state index < -0.39 is 0 Å². The summed E-state index contributed by atoms with van der Waals surface area (Å²) in [4.78, 5) is 3.69. The highest BCUT2D eigenvalue weighted by Crippen LogP contribution is 2.42. The highest BCUT2D eigenvalue weighted by atomic mass is 35.5. The lowest BCUT2D eigenvalue weighted by Crippen LogP contribution is -2.35. The number of benzene rings is 1. The summed E-state index contributed by atoms with van der Waals surface area (Å²) >= 11 is 9.24. The van der Waals surface area contributed by atoms with Crippen LogP contribution in [0.25, 0.3) is 0 Å². The van der Waals surface area contributed by atoms with Crippen LogP contribution in [0.2, 0.25) is 4.34 Å². The van der Waals surface area contributed by atoms with Gasteiger partial charge in [0.05, 0.1) is 20.3 Å². The number of methoxy groups -OCH3 is 2. The van der Waals surface area contributed by atoms with Crippen LogP contribution in [0.4, 0.5) is 0 Å². The van der Waals surface area contributed by atoms with Gasteiger partial charge in [-0.05, 0) is 41.1 Å². The molecule has 3 heterocycles. The number of thiophene rings is 1. The first kappa shape index (κ1) is 17.7. The molecule has 0 unspecified atom stereocenters. The molecule has 1 atom stereocenters. The fourth-order valence-electron chi connectivity index (χ4n) is 3.43. The molecular formula is C18H18ClN3O2S2. The zero-order chi connectivity index (χ0) is 18.1. The SMILES string of the molecule is COc1cc2c(cc1OC)[C@@H](c1cccs1)N(Cc1nnsc1Cl)CC2. The van der Waals surface area contributed by atoms with E-state index >= 15 is 0 Å². The number of halogens is 1. The predicted molar refractivity (Wildman–Crippen MR) is 105 cm³/mol. The predicted octanol–water partition coefficient (Wildman–Crippen LogP) is 4.42. The monoisotopic (exact) mass is 407 g/mol. The van der Waals surface area contributed by atoms with Crippen LogP contribution in [-0.2, 0) is 13.0 Å². The second kappa shape index (κ2) is 7.52. The Morgan fingerprint density at radius 2 is 2.08 bits per heavy atom. The Morgan fingerprint density at radius 3 is 2.73 bits per heavy atom. The molecule has 0 radical (unpaired) electrons. The second-order valence-corrected chi connectivity index (χ2v) is 8.37. The van der Waals surface area contributed by atoms with Gasteiger partial charge < -0.3 is 9.47 Å². The van der Waals surface area contributed by atoms with Crippen LogP contribution < -0.4 is 9.47 Å². The minimum Gasteiger partial charge on any atom is -0.493 e. The minimum absolute atomic E-state index is 0.135. The van der Waals surface area contributed by atoms with Gasteiger partial charge in [0.1, 0.15) is 10.0 Å². The molecule has 0 fully saturated rings. The van der Waals surface area contributed by atoms with E-state index in [1.165, 1.54) is 27.5 Å². The van der Waals surface area contributed by atoms with E-state index in [9.17, 15) is 0 Å². The molecule has 26 heavy (non-hydrogen) atoms. The maximum absolute atomic E-state index is 6.25. The number of hydrogen-bond donors (Lipinski definition) is 0. The van der Waals surface area contributed by atoms with Crippen molar-refractivity contribution in [2.75, 3.05) is 20.8 Å². The number of hydrogen-bond acceptors (Lipinski definition) is 7. The average Bonchev–Trinajstić information content (AvgIpc) is 3.32. The Balaban J connectivity index is 1.78. The smallest absolute Gasteiger partial charge is 0.161 e. The maximum Gasteiger partial charge on any atom is 0.161 e. The molecule has 0 N–H and O–H groups in total. The molecule has 1 aliphatic rings. The molecular weight excluding hydrogens is 390 g/mol. The molecule has 0 aliphatic carbocycles. The van der Waals surface area contributed by atoms with Crippen molar-refractivity contribution >= 4 is 34.5 Å². The van der Waals surface area contributed by atoms with Crippen LogP contribution in [0.5, 0.6) is 11.5 Å². The van der Waals surface area contributed by atoms with Crippen molar-refractivity contribution in [3.8, 4) is 11.5 Å². The molecule has 0 saturated carbocycles. The van der Waals surface area contributed by atoms with Gasteiger partial charge in [0.2, 0.25) is 0 Å². The zero-order valence-electron chi connectivity index (χ0n) is 14.4. The Labute approximate surface area is 165 Å². The van der Waals surface area contributed by atoms with Crippen molar-refractivity contribution < 1.29 is 9.47 Å². The normalized spacial score (nSPS) is 17.1. The molecule has 3 aromatic rings. The molecule has 5 nitrogen and oxygen atoms in total. The standard InChI is InChI=1S/C18H18ClN3O2S2/c1-23-14-8-11-5-6-22(10-13-18(19)26-21-20-13)17(16-4-3-7-25-16)12(11)9-15(14)24-2/h3-4,7-9,17H,5-6,10H2,1-2H3/t17-/m0/s1. The molecule has 8 heteroatoms. The molecule has 2 aromatic heterocycles. The van der Waals surface area contributed by atoms with Gasteiger partial charge >= 0.3 is 0 Å². The van der Waals surface area contributed by atoms with Crippen LogP contribution >= 0.6 is 34.5 Å². The molecule has 1 aromatic carbocycles. The minimum atomic E-state index is 0.135. The third kappa shape index (κ3) is 3.20. The van der Waals surface area contributed by atoms with Crippen molar-refractivity contribution in [1.82, 2.24) is 14.5 Å². The average molecular weight is 408 g/mol. The van der Waals surface area contributed by atoms with Gasteiger partial charge in [-0.1, -0.05) is 22.2 Å². The van der Waals surface area contributed by atoms with Crippen LogP contribution in [0.1, 0.15) is 27.7 Å². The summed E-state index contributed by atoms with van der Waals surface area (Å²) in [5.41, 5.74) is 3.37. The van der Waals surface area contributed by atoms with Gasteiger partial charge in [0.15, 0.2) is 11.5 Å². The molecule has 1 aliphatic heterocycles. The van der Waals surface area contributed by atoms with Gasteiger partial charge in [-0.25, -0.2) is 0 Å². The van der Waals surface area contributed by atoms with Crippen molar-refractivity contribution in [3.63, 3.8) is 0 Å².